The van der Waals surface area contributed by atoms with Crippen LogP contribution in [0.15, 0.2) is 77.2 Å². The number of hydrogen-bond acceptors (Lipinski definition) is 2. The lowest BCUT2D eigenvalue weighted by Crippen LogP contribution is -2.38. The number of rotatable bonds is 5. The van der Waals surface area contributed by atoms with Gasteiger partial charge in [0.15, 0.2) is 0 Å². The maximum absolute atomic E-state index is 12.7. The SMILES string of the molecule is O=C(CCc1ccc(-c2ccccc2)o1)N1CCC(c2cc3ccccc3[nH]2)CC1. The first-order chi connectivity index (χ1) is 14.8. The minimum atomic E-state index is 0.225. The van der Waals surface area contributed by atoms with Crippen molar-refractivity contribution in [1.82, 2.24) is 9.88 Å². The highest BCUT2D eigenvalue weighted by Gasteiger charge is 2.24. The molecule has 0 saturated carbocycles. The van der Waals surface area contributed by atoms with E-state index in [1.807, 2.05) is 47.4 Å². The number of H-pyrrole nitrogens is 1. The zero-order valence-electron chi connectivity index (χ0n) is 17.0. The van der Waals surface area contributed by atoms with Gasteiger partial charge in [-0.05, 0) is 42.5 Å². The Labute approximate surface area is 176 Å². The number of hydrogen-bond donors (Lipinski definition) is 1. The topological polar surface area (TPSA) is 49.2 Å². The van der Waals surface area contributed by atoms with E-state index in [4.69, 9.17) is 4.42 Å². The molecule has 0 bridgehead atoms. The Balaban J connectivity index is 1.14. The first kappa shape index (κ1) is 18.7. The normalized spacial score (nSPS) is 15.0. The van der Waals surface area contributed by atoms with E-state index in [-0.39, 0.29) is 5.91 Å². The van der Waals surface area contributed by atoms with Crippen molar-refractivity contribution in [2.45, 2.75) is 31.6 Å². The quantitative estimate of drug-likeness (QED) is 0.464. The van der Waals surface area contributed by atoms with E-state index in [2.05, 4.69) is 35.3 Å². The van der Waals surface area contributed by atoms with Crippen LogP contribution in [0.1, 0.15) is 36.6 Å². The molecule has 2 aromatic heterocycles. The molecule has 2 aromatic carbocycles. The molecule has 0 radical (unpaired) electrons. The van der Waals surface area contributed by atoms with Crippen LogP contribution in [0.3, 0.4) is 0 Å². The molecule has 152 valence electrons. The van der Waals surface area contributed by atoms with Gasteiger partial charge in [-0.3, -0.25) is 4.79 Å². The fourth-order valence-corrected chi connectivity index (χ4v) is 4.41. The summed E-state index contributed by atoms with van der Waals surface area (Å²) in [6.07, 6.45) is 3.17. The number of carbonyl (C=O) groups excluding carboxylic acids is 1. The molecule has 1 N–H and O–H groups in total. The van der Waals surface area contributed by atoms with Crippen molar-refractivity contribution < 1.29 is 9.21 Å². The zero-order valence-corrected chi connectivity index (χ0v) is 17.0. The van der Waals surface area contributed by atoms with Gasteiger partial charge in [0.2, 0.25) is 5.91 Å². The van der Waals surface area contributed by atoms with Gasteiger partial charge in [0.05, 0.1) is 0 Å². The van der Waals surface area contributed by atoms with Crippen molar-refractivity contribution >= 4 is 16.8 Å². The number of nitrogens with zero attached hydrogens (tertiary/aromatic N) is 1. The van der Waals surface area contributed by atoms with Crippen LogP contribution in [0.5, 0.6) is 0 Å². The number of benzene rings is 2. The summed E-state index contributed by atoms with van der Waals surface area (Å²) in [4.78, 5) is 18.3. The summed E-state index contributed by atoms with van der Waals surface area (Å²) < 4.78 is 5.94. The van der Waals surface area contributed by atoms with Gasteiger partial charge in [0.1, 0.15) is 11.5 Å². The molecule has 1 aliphatic heterocycles. The first-order valence-electron chi connectivity index (χ1n) is 10.8. The van der Waals surface area contributed by atoms with Crippen LogP contribution < -0.4 is 0 Å². The number of carbonyl (C=O) groups is 1. The second-order valence-electron chi connectivity index (χ2n) is 8.10. The Kier molecular flexibility index (Phi) is 5.14. The molecule has 1 amide bonds. The van der Waals surface area contributed by atoms with Gasteiger partial charge < -0.3 is 14.3 Å². The van der Waals surface area contributed by atoms with E-state index in [9.17, 15) is 4.79 Å². The van der Waals surface area contributed by atoms with Gasteiger partial charge >= 0.3 is 0 Å². The molecule has 1 saturated heterocycles. The van der Waals surface area contributed by atoms with E-state index in [0.717, 1.165) is 43.0 Å². The summed E-state index contributed by atoms with van der Waals surface area (Å²) >= 11 is 0. The second-order valence-corrected chi connectivity index (χ2v) is 8.10. The third kappa shape index (κ3) is 3.90. The average Bonchev–Trinajstić information content (AvgIpc) is 3.45. The molecule has 4 aromatic rings. The third-order valence-electron chi connectivity index (χ3n) is 6.14. The van der Waals surface area contributed by atoms with E-state index < -0.39 is 0 Å². The number of aromatic amines is 1. The van der Waals surface area contributed by atoms with Crippen molar-refractivity contribution in [3.8, 4) is 11.3 Å². The molecule has 3 heterocycles. The highest BCUT2D eigenvalue weighted by Crippen LogP contribution is 2.30. The number of likely N-dealkylation sites (tertiary alicyclic amines) is 1. The highest BCUT2D eigenvalue weighted by molar-refractivity contribution is 5.80. The van der Waals surface area contributed by atoms with Gasteiger partial charge in [0, 0.05) is 48.6 Å². The van der Waals surface area contributed by atoms with Gasteiger partial charge in [-0.1, -0.05) is 48.5 Å². The summed E-state index contributed by atoms with van der Waals surface area (Å²) in [6, 6.07) is 24.7. The second kappa shape index (κ2) is 8.23. The molecular weight excluding hydrogens is 372 g/mol. The van der Waals surface area contributed by atoms with Crippen LogP contribution in [0.25, 0.3) is 22.2 Å². The number of piperidine rings is 1. The predicted molar refractivity (Wildman–Crippen MR) is 119 cm³/mol. The summed E-state index contributed by atoms with van der Waals surface area (Å²) in [5, 5.41) is 1.26. The third-order valence-corrected chi connectivity index (χ3v) is 6.14. The summed E-state index contributed by atoms with van der Waals surface area (Å²) in [5.41, 5.74) is 3.56. The monoisotopic (exact) mass is 398 g/mol. The van der Waals surface area contributed by atoms with E-state index in [1.54, 1.807) is 0 Å². The lowest BCUT2D eigenvalue weighted by atomic mass is 9.93. The van der Waals surface area contributed by atoms with E-state index >= 15 is 0 Å². The fourth-order valence-electron chi connectivity index (χ4n) is 4.41. The lowest BCUT2D eigenvalue weighted by molar-refractivity contribution is -0.132. The Morgan fingerprint density at radius 1 is 0.967 bits per heavy atom. The molecule has 30 heavy (non-hydrogen) atoms. The van der Waals surface area contributed by atoms with Crippen molar-refractivity contribution in [2.24, 2.45) is 0 Å². The van der Waals surface area contributed by atoms with Crippen LogP contribution in [0.2, 0.25) is 0 Å². The molecule has 4 nitrogen and oxygen atoms in total. The molecule has 0 atom stereocenters. The van der Waals surface area contributed by atoms with Crippen molar-refractivity contribution in [3.63, 3.8) is 0 Å². The molecule has 0 unspecified atom stereocenters. The first-order valence-corrected chi connectivity index (χ1v) is 10.8. The standard InChI is InChI=1S/C26H26N2O2/c29-26(13-11-22-10-12-25(30-22)20-6-2-1-3-7-20)28-16-14-19(15-17-28)24-18-21-8-4-5-9-23(21)27-24/h1-10,12,18-19,27H,11,13-17H2. The predicted octanol–water partition coefficient (Wildman–Crippen LogP) is 5.77. The number of furan rings is 1. The van der Waals surface area contributed by atoms with E-state index in [0.29, 0.717) is 18.8 Å². The fraction of sp³-hybridized carbons (Fsp3) is 0.269. The summed E-state index contributed by atoms with van der Waals surface area (Å²) in [5.74, 6) is 2.45. The van der Waals surface area contributed by atoms with E-state index in [1.165, 1.54) is 16.6 Å². The number of nitrogens with one attached hydrogen (secondary N) is 1. The molecule has 1 aliphatic rings. The number of aromatic nitrogens is 1. The van der Waals surface area contributed by atoms with Crippen molar-refractivity contribution in [2.75, 3.05) is 13.1 Å². The minimum Gasteiger partial charge on any atom is -0.461 e. The Morgan fingerprint density at radius 3 is 2.53 bits per heavy atom. The van der Waals surface area contributed by atoms with Gasteiger partial charge in [-0.2, -0.15) is 0 Å². The van der Waals surface area contributed by atoms with Gasteiger partial charge in [0.25, 0.3) is 0 Å². The highest BCUT2D eigenvalue weighted by atomic mass is 16.3. The van der Waals surface area contributed by atoms with Crippen LogP contribution >= 0.6 is 0 Å². The Morgan fingerprint density at radius 2 is 1.73 bits per heavy atom. The number of fused-ring (bicyclic) bond motifs is 1. The van der Waals surface area contributed by atoms with Crippen LogP contribution in [-0.4, -0.2) is 28.9 Å². The van der Waals surface area contributed by atoms with Gasteiger partial charge in [-0.25, -0.2) is 0 Å². The number of para-hydroxylation sites is 1. The zero-order chi connectivity index (χ0) is 20.3. The maximum Gasteiger partial charge on any atom is 0.223 e. The van der Waals surface area contributed by atoms with Crippen molar-refractivity contribution in [1.29, 1.82) is 0 Å². The van der Waals surface area contributed by atoms with Gasteiger partial charge in [-0.15, -0.1) is 0 Å². The molecule has 0 aliphatic carbocycles. The minimum absolute atomic E-state index is 0.225. The summed E-state index contributed by atoms with van der Waals surface area (Å²) in [6.45, 7) is 1.65. The average molecular weight is 399 g/mol. The number of amides is 1. The molecule has 1 fully saturated rings. The largest absolute Gasteiger partial charge is 0.461 e. The van der Waals surface area contributed by atoms with Crippen LogP contribution in [-0.2, 0) is 11.2 Å². The summed E-state index contributed by atoms with van der Waals surface area (Å²) in [7, 11) is 0. The molecular formula is C26H26N2O2. The molecule has 5 rings (SSSR count). The van der Waals surface area contributed by atoms with Crippen LogP contribution in [0, 0.1) is 0 Å². The smallest absolute Gasteiger partial charge is 0.223 e. The maximum atomic E-state index is 12.7. The lowest BCUT2D eigenvalue weighted by Gasteiger charge is -2.31. The Bertz CT molecular complexity index is 1100. The van der Waals surface area contributed by atoms with Crippen molar-refractivity contribution in [3.05, 3.63) is 84.3 Å². The molecule has 4 heteroatoms. The molecule has 0 spiro atoms. The Hall–Kier alpha value is -3.27. The van der Waals surface area contributed by atoms with Crippen LogP contribution in [0.4, 0.5) is 0 Å². The number of aryl methyl sites for hydroxylation is 1.